The van der Waals surface area contributed by atoms with Crippen molar-refractivity contribution in [2.45, 2.75) is 30.9 Å². The number of rotatable bonds is 8. The van der Waals surface area contributed by atoms with E-state index < -0.39 is 0 Å². The highest BCUT2D eigenvalue weighted by Gasteiger charge is 2.13. The number of carbonyl (C=O) groups is 1. The third-order valence-electron chi connectivity index (χ3n) is 5.77. The van der Waals surface area contributed by atoms with Crippen LogP contribution in [0.4, 0.5) is 0 Å². The smallest absolute Gasteiger partial charge is 0.251 e. The molecule has 174 valence electrons. The lowest BCUT2D eigenvalue weighted by Gasteiger charge is -2.10. The number of carbonyl (C=O) groups excluding carboxylic acids is 1. The lowest BCUT2D eigenvalue weighted by molar-refractivity contribution is 0.0951. The highest BCUT2D eigenvalue weighted by molar-refractivity contribution is 7.98. The average molecular weight is 479 g/mol. The normalized spacial score (nSPS) is 11.0. The number of thioether (sulfide) groups is 1. The number of hydrogen-bond acceptors (Lipinski definition) is 4. The monoisotopic (exact) mass is 478 g/mol. The molecule has 6 heteroatoms. The Hall–Kier alpha value is -3.90. The number of nitrogens with one attached hydrogen (secondary N) is 1. The number of aromatic nitrogens is 3. The van der Waals surface area contributed by atoms with Crippen LogP contribution in [0.3, 0.4) is 0 Å². The summed E-state index contributed by atoms with van der Waals surface area (Å²) in [4.78, 5) is 21.9. The van der Waals surface area contributed by atoms with E-state index in [1.807, 2.05) is 72.9 Å². The summed E-state index contributed by atoms with van der Waals surface area (Å²) in [6.45, 7) is 3.34. The standard InChI is InChI=1S/C29H26N4OS/c1-21-7-5-10-24(17-21)19-33-27-26(11-6-16-30-27)32-29(33)35-20-23-12-14-25(15-13-23)28(34)31-18-22-8-3-2-4-9-22/h2-17H,18-20H2,1H3,(H,31,34). The van der Waals surface area contributed by atoms with Crippen molar-refractivity contribution in [1.82, 2.24) is 19.9 Å². The zero-order chi connectivity index (χ0) is 24.0. The predicted molar refractivity (Wildman–Crippen MR) is 141 cm³/mol. The molecule has 0 radical (unpaired) electrons. The maximum atomic E-state index is 12.5. The van der Waals surface area contributed by atoms with Crippen molar-refractivity contribution in [2.24, 2.45) is 0 Å². The number of amides is 1. The molecule has 0 bridgehead atoms. The lowest BCUT2D eigenvalue weighted by atomic mass is 10.1. The second kappa shape index (κ2) is 10.6. The van der Waals surface area contributed by atoms with E-state index in [4.69, 9.17) is 4.98 Å². The predicted octanol–water partition coefficient (Wildman–Crippen LogP) is 6.01. The van der Waals surface area contributed by atoms with Crippen LogP contribution in [0.25, 0.3) is 11.2 Å². The van der Waals surface area contributed by atoms with E-state index >= 15 is 0 Å². The molecule has 0 unspecified atom stereocenters. The van der Waals surface area contributed by atoms with E-state index in [0.29, 0.717) is 12.1 Å². The number of benzene rings is 3. The van der Waals surface area contributed by atoms with Gasteiger partial charge in [-0.1, -0.05) is 84.1 Å². The fraction of sp³-hybridized carbons (Fsp3) is 0.138. The third-order valence-corrected chi connectivity index (χ3v) is 6.82. The van der Waals surface area contributed by atoms with E-state index in [1.54, 1.807) is 11.8 Å². The molecule has 1 N–H and O–H groups in total. The molecule has 2 heterocycles. The van der Waals surface area contributed by atoms with E-state index in [2.05, 4.69) is 46.1 Å². The zero-order valence-electron chi connectivity index (χ0n) is 19.5. The fourth-order valence-corrected chi connectivity index (χ4v) is 4.92. The van der Waals surface area contributed by atoms with Gasteiger partial charge in [0.05, 0.1) is 6.54 Å². The number of imidazole rings is 1. The minimum atomic E-state index is -0.0703. The molecule has 0 spiro atoms. The molecule has 0 aliphatic carbocycles. The molecule has 5 aromatic rings. The molecule has 35 heavy (non-hydrogen) atoms. The highest BCUT2D eigenvalue weighted by atomic mass is 32.2. The van der Waals surface area contributed by atoms with Crippen LogP contribution in [0.1, 0.15) is 32.6 Å². The van der Waals surface area contributed by atoms with Crippen LogP contribution in [0.2, 0.25) is 0 Å². The highest BCUT2D eigenvalue weighted by Crippen LogP contribution is 2.27. The Balaban J connectivity index is 1.27. The first-order valence-electron chi connectivity index (χ1n) is 11.6. The van der Waals surface area contributed by atoms with Crippen LogP contribution in [-0.2, 0) is 18.8 Å². The van der Waals surface area contributed by atoms with Crippen LogP contribution >= 0.6 is 11.8 Å². The van der Waals surface area contributed by atoms with Crippen molar-refractivity contribution in [3.8, 4) is 0 Å². The van der Waals surface area contributed by atoms with Crippen LogP contribution in [0.15, 0.2) is 102 Å². The Labute approximate surface area is 209 Å². The molecule has 5 nitrogen and oxygen atoms in total. The van der Waals surface area contributed by atoms with Gasteiger partial charge in [-0.25, -0.2) is 9.97 Å². The number of pyridine rings is 1. The molecule has 2 aromatic heterocycles. The molecule has 0 saturated carbocycles. The number of nitrogens with zero attached hydrogens (tertiary/aromatic N) is 3. The minimum Gasteiger partial charge on any atom is -0.348 e. The van der Waals surface area contributed by atoms with Crippen LogP contribution < -0.4 is 5.32 Å². The van der Waals surface area contributed by atoms with Gasteiger partial charge in [0, 0.05) is 24.1 Å². The van der Waals surface area contributed by atoms with Gasteiger partial charge in [-0.05, 0) is 47.9 Å². The lowest BCUT2D eigenvalue weighted by Crippen LogP contribution is -2.22. The molecule has 5 rings (SSSR count). The number of hydrogen-bond donors (Lipinski definition) is 1. The zero-order valence-corrected chi connectivity index (χ0v) is 20.3. The Morgan fingerprint density at radius 2 is 1.69 bits per heavy atom. The van der Waals surface area contributed by atoms with Crippen molar-refractivity contribution in [1.29, 1.82) is 0 Å². The molecular weight excluding hydrogens is 452 g/mol. The van der Waals surface area contributed by atoms with E-state index in [9.17, 15) is 4.79 Å². The van der Waals surface area contributed by atoms with Crippen LogP contribution in [0.5, 0.6) is 0 Å². The molecule has 0 saturated heterocycles. The van der Waals surface area contributed by atoms with Gasteiger partial charge >= 0.3 is 0 Å². The molecule has 0 atom stereocenters. The summed E-state index contributed by atoms with van der Waals surface area (Å²) in [5.41, 5.74) is 7.12. The molecule has 0 fully saturated rings. The van der Waals surface area contributed by atoms with Crippen molar-refractivity contribution in [3.63, 3.8) is 0 Å². The first kappa shape index (κ1) is 22.9. The first-order chi connectivity index (χ1) is 17.2. The second-order valence-electron chi connectivity index (χ2n) is 8.47. The summed E-state index contributed by atoms with van der Waals surface area (Å²) in [7, 11) is 0. The van der Waals surface area contributed by atoms with Crippen molar-refractivity contribution in [2.75, 3.05) is 0 Å². The van der Waals surface area contributed by atoms with Crippen molar-refractivity contribution >= 4 is 28.8 Å². The maximum absolute atomic E-state index is 12.5. The average Bonchev–Trinajstić information content (AvgIpc) is 3.24. The Morgan fingerprint density at radius 1 is 0.886 bits per heavy atom. The molecule has 3 aromatic carbocycles. The Kier molecular flexibility index (Phi) is 6.91. The molecule has 1 amide bonds. The quantitative estimate of drug-likeness (QED) is 0.278. The van der Waals surface area contributed by atoms with E-state index in [-0.39, 0.29) is 5.91 Å². The maximum Gasteiger partial charge on any atom is 0.251 e. The number of aryl methyl sites for hydroxylation is 1. The van der Waals surface area contributed by atoms with Gasteiger partial charge < -0.3 is 5.32 Å². The summed E-state index contributed by atoms with van der Waals surface area (Å²) < 4.78 is 2.18. The van der Waals surface area contributed by atoms with Crippen LogP contribution in [-0.4, -0.2) is 20.4 Å². The van der Waals surface area contributed by atoms with Crippen LogP contribution in [0, 0.1) is 6.92 Å². The van der Waals surface area contributed by atoms with Gasteiger partial charge in [-0.2, -0.15) is 0 Å². The van der Waals surface area contributed by atoms with Gasteiger partial charge in [-0.3, -0.25) is 9.36 Å². The number of fused-ring (bicyclic) bond motifs is 1. The summed E-state index contributed by atoms with van der Waals surface area (Å²) >= 11 is 1.68. The third kappa shape index (κ3) is 5.61. The second-order valence-corrected chi connectivity index (χ2v) is 9.41. The van der Waals surface area contributed by atoms with Gasteiger partial charge in [-0.15, -0.1) is 0 Å². The molecular formula is C29H26N4OS. The van der Waals surface area contributed by atoms with E-state index in [1.165, 1.54) is 11.1 Å². The van der Waals surface area contributed by atoms with Gasteiger partial charge in [0.25, 0.3) is 5.91 Å². The fourth-order valence-electron chi connectivity index (χ4n) is 3.96. The summed E-state index contributed by atoms with van der Waals surface area (Å²) in [5, 5.41) is 3.91. The summed E-state index contributed by atoms with van der Waals surface area (Å²) in [6.07, 6.45) is 1.81. The molecule has 0 aliphatic rings. The Bertz CT molecular complexity index is 1450. The Morgan fingerprint density at radius 3 is 2.49 bits per heavy atom. The topological polar surface area (TPSA) is 59.8 Å². The molecule has 0 aliphatic heterocycles. The van der Waals surface area contributed by atoms with Gasteiger partial charge in [0.1, 0.15) is 5.52 Å². The van der Waals surface area contributed by atoms with Crippen molar-refractivity contribution in [3.05, 3.63) is 125 Å². The minimum absolute atomic E-state index is 0.0703. The van der Waals surface area contributed by atoms with Crippen molar-refractivity contribution < 1.29 is 4.79 Å². The van der Waals surface area contributed by atoms with E-state index in [0.717, 1.165) is 39.7 Å². The summed E-state index contributed by atoms with van der Waals surface area (Å²) in [5.74, 6) is 0.683. The van der Waals surface area contributed by atoms with Gasteiger partial charge in [0.15, 0.2) is 10.8 Å². The van der Waals surface area contributed by atoms with Gasteiger partial charge in [0.2, 0.25) is 0 Å². The largest absolute Gasteiger partial charge is 0.348 e. The first-order valence-corrected chi connectivity index (χ1v) is 12.5. The SMILES string of the molecule is Cc1cccc(Cn2c(SCc3ccc(C(=O)NCc4ccccc4)cc3)nc3cccnc32)c1. The summed E-state index contributed by atoms with van der Waals surface area (Å²) in [6, 6.07) is 30.1.